The molecule has 8 heteroatoms. The number of sulfonamides is 1. The van der Waals surface area contributed by atoms with Crippen LogP contribution in [0, 0.1) is 11.7 Å². The highest BCUT2D eigenvalue weighted by molar-refractivity contribution is 7.89. The van der Waals surface area contributed by atoms with Crippen LogP contribution in [-0.2, 0) is 10.0 Å². The molecule has 1 N–H and O–H groups in total. The fourth-order valence-corrected chi connectivity index (χ4v) is 4.86. The monoisotopic (exact) mass is 410 g/mol. The Hall–Kier alpha value is -1.96. The van der Waals surface area contributed by atoms with Crippen molar-refractivity contribution in [2.45, 2.75) is 24.7 Å². The van der Waals surface area contributed by atoms with E-state index in [-0.39, 0.29) is 15.5 Å². The van der Waals surface area contributed by atoms with Crippen LogP contribution in [0.4, 0.5) is 10.1 Å². The number of halogens is 2. The molecule has 1 amide bonds. The van der Waals surface area contributed by atoms with Gasteiger partial charge >= 0.3 is 0 Å². The Morgan fingerprint density at radius 3 is 2.59 bits per heavy atom. The van der Waals surface area contributed by atoms with Crippen LogP contribution in [-0.4, -0.2) is 31.7 Å². The topological polar surface area (TPSA) is 66.5 Å². The molecule has 0 aliphatic carbocycles. The summed E-state index contributed by atoms with van der Waals surface area (Å²) in [5.74, 6) is -1.01. The van der Waals surface area contributed by atoms with E-state index in [0.717, 1.165) is 18.9 Å². The zero-order valence-corrected chi connectivity index (χ0v) is 16.4. The van der Waals surface area contributed by atoms with Gasteiger partial charge < -0.3 is 5.32 Å². The van der Waals surface area contributed by atoms with Crippen LogP contribution >= 0.6 is 11.6 Å². The van der Waals surface area contributed by atoms with Crippen molar-refractivity contribution < 1.29 is 17.6 Å². The van der Waals surface area contributed by atoms with Crippen molar-refractivity contribution in [2.24, 2.45) is 5.92 Å². The lowest BCUT2D eigenvalue weighted by atomic mass is 10.0. The maximum atomic E-state index is 13.8. The number of anilines is 1. The fraction of sp³-hybridized carbons (Fsp3) is 0.316. The second-order valence-corrected chi connectivity index (χ2v) is 9.09. The van der Waals surface area contributed by atoms with Gasteiger partial charge in [-0.25, -0.2) is 12.8 Å². The zero-order valence-electron chi connectivity index (χ0n) is 14.8. The Bertz CT molecular complexity index is 948. The molecule has 0 bridgehead atoms. The smallest absolute Gasteiger partial charge is 0.258 e. The van der Waals surface area contributed by atoms with E-state index in [1.54, 1.807) is 0 Å². The van der Waals surface area contributed by atoms with Crippen LogP contribution in [0.1, 0.15) is 30.1 Å². The van der Waals surface area contributed by atoms with E-state index in [4.69, 9.17) is 11.6 Å². The van der Waals surface area contributed by atoms with Gasteiger partial charge in [0, 0.05) is 23.8 Å². The molecule has 144 valence electrons. The SMILES string of the molecule is CC1CCCN(S(=O)(=O)c2ccc(NC(=O)c3cc(Cl)ccc3F)cc2)C1. The second kappa shape index (κ2) is 7.96. The van der Waals surface area contributed by atoms with Crippen molar-refractivity contribution in [2.75, 3.05) is 18.4 Å². The summed E-state index contributed by atoms with van der Waals surface area (Å²) in [5, 5.41) is 2.79. The molecule has 1 heterocycles. The molecule has 0 saturated carbocycles. The lowest BCUT2D eigenvalue weighted by molar-refractivity contribution is 0.102. The molecule has 1 fully saturated rings. The van der Waals surface area contributed by atoms with Crippen LogP contribution in [0.2, 0.25) is 5.02 Å². The van der Waals surface area contributed by atoms with E-state index in [2.05, 4.69) is 5.32 Å². The first-order valence-corrected chi connectivity index (χ1v) is 10.5. The third kappa shape index (κ3) is 4.48. The van der Waals surface area contributed by atoms with Crippen LogP contribution in [0.5, 0.6) is 0 Å². The fourth-order valence-electron chi connectivity index (χ4n) is 3.09. The summed E-state index contributed by atoms with van der Waals surface area (Å²) >= 11 is 5.80. The number of piperidine rings is 1. The van der Waals surface area contributed by atoms with Gasteiger partial charge in [0.25, 0.3) is 5.91 Å². The molecular formula is C19H20ClFN2O3S. The van der Waals surface area contributed by atoms with Crippen molar-refractivity contribution >= 4 is 33.2 Å². The summed E-state index contributed by atoms with van der Waals surface area (Å²) < 4.78 is 40.8. The predicted octanol–water partition coefficient (Wildman–Crippen LogP) is 4.15. The molecule has 1 atom stereocenters. The van der Waals surface area contributed by atoms with Crippen LogP contribution in [0.25, 0.3) is 0 Å². The van der Waals surface area contributed by atoms with E-state index in [1.807, 2.05) is 6.92 Å². The van der Waals surface area contributed by atoms with Gasteiger partial charge in [-0.15, -0.1) is 0 Å². The number of rotatable bonds is 4. The first-order valence-electron chi connectivity index (χ1n) is 8.64. The molecule has 1 unspecified atom stereocenters. The maximum Gasteiger partial charge on any atom is 0.258 e. The molecule has 1 aliphatic rings. The number of carbonyl (C=O) groups excluding carboxylic acids is 1. The van der Waals surface area contributed by atoms with Crippen molar-refractivity contribution in [3.05, 3.63) is 58.9 Å². The van der Waals surface area contributed by atoms with Crippen molar-refractivity contribution in [3.63, 3.8) is 0 Å². The lowest BCUT2D eigenvalue weighted by Gasteiger charge is -2.30. The number of benzene rings is 2. The molecule has 1 saturated heterocycles. The van der Waals surface area contributed by atoms with E-state index in [0.29, 0.717) is 24.7 Å². The van der Waals surface area contributed by atoms with Gasteiger partial charge in [0.15, 0.2) is 0 Å². The van der Waals surface area contributed by atoms with Gasteiger partial charge in [-0.2, -0.15) is 4.31 Å². The quantitative estimate of drug-likeness (QED) is 0.823. The number of hydrogen-bond donors (Lipinski definition) is 1. The Balaban J connectivity index is 1.75. The van der Waals surface area contributed by atoms with Gasteiger partial charge in [0.2, 0.25) is 10.0 Å². The van der Waals surface area contributed by atoms with E-state index in [1.165, 1.54) is 40.7 Å². The summed E-state index contributed by atoms with van der Waals surface area (Å²) in [5.41, 5.74) is 0.187. The Morgan fingerprint density at radius 1 is 1.22 bits per heavy atom. The van der Waals surface area contributed by atoms with E-state index >= 15 is 0 Å². The average molecular weight is 411 g/mol. The molecular weight excluding hydrogens is 391 g/mol. The van der Waals surface area contributed by atoms with Crippen molar-refractivity contribution in [1.29, 1.82) is 0 Å². The van der Waals surface area contributed by atoms with Gasteiger partial charge in [-0.3, -0.25) is 4.79 Å². The first-order chi connectivity index (χ1) is 12.8. The maximum absolute atomic E-state index is 13.8. The molecule has 5 nitrogen and oxygen atoms in total. The summed E-state index contributed by atoms with van der Waals surface area (Å²) in [6, 6.07) is 9.57. The molecule has 27 heavy (non-hydrogen) atoms. The molecule has 0 aromatic heterocycles. The van der Waals surface area contributed by atoms with E-state index < -0.39 is 21.7 Å². The second-order valence-electron chi connectivity index (χ2n) is 6.71. The summed E-state index contributed by atoms with van der Waals surface area (Å²) in [4.78, 5) is 12.4. The standard InChI is InChI=1S/C19H20ClFN2O3S/c1-13-3-2-10-23(12-13)27(25,26)16-7-5-15(6-8-16)22-19(24)17-11-14(20)4-9-18(17)21/h4-9,11,13H,2-3,10,12H2,1H3,(H,22,24). The van der Waals surface area contributed by atoms with Gasteiger partial charge in [-0.1, -0.05) is 18.5 Å². The number of nitrogens with one attached hydrogen (secondary N) is 1. The zero-order chi connectivity index (χ0) is 19.6. The van der Waals surface area contributed by atoms with Crippen LogP contribution < -0.4 is 5.32 Å². The number of hydrogen-bond acceptors (Lipinski definition) is 3. The summed E-state index contributed by atoms with van der Waals surface area (Å²) in [6.07, 6.45) is 1.87. The highest BCUT2D eigenvalue weighted by Crippen LogP contribution is 2.24. The predicted molar refractivity (Wildman–Crippen MR) is 103 cm³/mol. The molecule has 0 radical (unpaired) electrons. The Morgan fingerprint density at radius 2 is 1.93 bits per heavy atom. The summed E-state index contributed by atoms with van der Waals surface area (Å²) in [7, 11) is -3.56. The number of amides is 1. The van der Waals surface area contributed by atoms with Gasteiger partial charge in [0.1, 0.15) is 5.82 Å². The van der Waals surface area contributed by atoms with E-state index in [9.17, 15) is 17.6 Å². The van der Waals surface area contributed by atoms with Crippen LogP contribution in [0.15, 0.2) is 47.4 Å². The lowest BCUT2D eigenvalue weighted by Crippen LogP contribution is -2.39. The Kier molecular flexibility index (Phi) is 5.83. The normalized spacial score (nSPS) is 18.3. The molecule has 0 spiro atoms. The van der Waals surface area contributed by atoms with Crippen molar-refractivity contribution in [1.82, 2.24) is 4.31 Å². The van der Waals surface area contributed by atoms with Gasteiger partial charge in [0.05, 0.1) is 10.5 Å². The molecule has 1 aliphatic heterocycles. The van der Waals surface area contributed by atoms with Gasteiger partial charge in [-0.05, 0) is 61.2 Å². The number of nitrogens with zero attached hydrogens (tertiary/aromatic N) is 1. The molecule has 3 rings (SSSR count). The summed E-state index contributed by atoms with van der Waals surface area (Å²) in [6.45, 7) is 3.06. The highest BCUT2D eigenvalue weighted by atomic mass is 35.5. The third-order valence-corrected chi connectivity index (χ3v) is 6.66. The third-order valence-electron chi connectivity index (χ3n) is 4.54. The molecule has 2 aromatic rings. The molecule has 2 aromatic carbocycles. The largest absolute Gasteiger partial charge is 0.322 e. The van der Waals surface area contributed by atoms with Crippen LogP contribution in [0.3, 0.4) is 0 Å². The minimum absolute atomic E-state index is 0.170. The average Bonchev–Trinajstić information content (AvgIpc) is 2.64. The Labute approximate surface area is 163 Å². The minimum Gasteiger partial charge on any atom is -0.322 e. The minimum atomic E-state index is -3.56. The highest BCUT2D eigenvalue weighted by Gasteiger charge is 2.28. The van der Waals surface area contributed by atoms with Crippen molar-refractivity contribution in [3.8, 4) is 0 Å². The number of carbonyl (C=O) groups is 1. The first kappa shape index (κ1) is 19.8.